The molecule has 1 aliphatic rings. The van der Waals surface area contributed by atoms with E-state index in [1.165, 1.54) is 90.3 Å². The van der Waals surface area contributed by atoms with Crippen LogP contribution in [0, 0.1) is 0 Å². The van der Waals surface area contributed by atoms with Crippen molar-refractivity contribution in [3.8, 4) is 0 Å². The molecule has 0 amide bonds. The van der Waals surface area contributed by atoms with Crippen molar-refractivity contribution in [2.45, 2.75) is 103 Å². The highest BCUT2D eigenvalue weighted by molar-refractivity contribution is 4.78. The van der Waals surface area contributed by atoms with Gasteiger partial charge in [0.1, 0.15) is 0 Å². The van der Waals surface area contributed by atoms with Gasteiger partial charge in [0.15, 0.2) is 0 Å². The zero-order valence-electron chi connectivity index (χ0n) is 15.0. The Morgan fingerprint density at radius 2 is 1.43 bits per heavy atom. The summed E-state index contributed by atoms with van der Waals surface area (Å²) in [6.07, 6.45) is 15.7. The molecule has 0 bridgehead atoms. The lowest BCUT2D eigenvalue weighted by molar-refractivity contribution is 0.203. The van der Waals surface area contributed by atoms with E-state index in [0.29, 0.717) is 6.04 Å². The molecular weight excluding hydrogens is 256 g/mol. The molecule has 1 heterocycles. The highest BCUT2D eigenvalue weighted by Gasteiger charge is 2.19. The summed E-state index contributed by atoms with van der Waals surface area (Å²) in [5, 5.41) is 3.60. The van der Waals surface area contributed by atoms with E-state index in [1.54, 1.807) is 0 Å². The average molecular weight is 297 g/mol. The summed E-state index contributed by atoms with van der Waals surface area (Å²) in [5.74, 6) is 0. The lowest BCUT2D eigenvalue weighted by atomic mass is 10.1. The van der Waals surface area contributed by atoms with E-state index < -0.39 is 0 Å². The summed E-state index contributed by atoms with van der Waals surface area (Å²) in [6, 6.07) is 1.43. The van der Waals surface area contributed by atoms with Gasteiger partial charge in [0.25, 0.3) is 0 Å². The second kappa shape index (κ2) is 12.5. The first-order valence-electron chi connectivity index (χ1n) is 9.71. The van der Waals surface area contributed by atoms with E-state index in [2.05, 4.69) is 31.0 Å². The maximum atomic E-state index is 3.60. The molecule has 0 aromatic rings. The predicted octanol–water partition coefficient (Wildman–Crippen LogP) is 4.98. The third kappa shape index (κ3) is 9.52. The summed E-state index contributed by atoms with van der Waals surface area (Å²) in [5.41, 5.74) is 0. The topological polar surface area (TPSA) is 15.3 Å². The van der Waals surface area contributed by atoms with Crippen molar-refractivity contribution in [3.63, 3.8) is 0 Å². The molecule has 0 saturated carbocycles. The third-order valence-corrected chi connectivity index (χ3v) is 4.99. The first-order chi connectivity index (χ1) is 10.2. The zero-order valence-corrected chi connectivity index (χ0v) is 15.0. The van der Waals surface area contributed by atoms with Gasteiger partial charge in [-0.25, -0.2) is 0 Å². The van der Waals surface area contributed by atoms with Crippen LogP contribution >= 0.6 is 0 Å². The zero-order chi connectivity index (χ0) is 15.3. The molecular formula is C19H40N2. The minimum absolute atomic E-state index is 0.665. The molecule has 0 aromatic heterocycles. The van der Waals surface area contributed by atoms with Gasteiger partial charge in [0.2, 0.25) is 0 Å². The van der Waals surface area contributed by atoms with Crippen LogP contribution in [0.1, 0.15) is 91.4 Å². The molecule has 2 unspecified atom stereocenters. The van der Waals surface area contributed by atoms with Crippen molar-refractivity contribution < 1.29 is 0 Å². The van der Waals surface area contributed by atoms with Gasteiger partial charge in [0.05, 0.1) is 0 Å². The molecule has 0 aromatic carbocycles. The van der Waals surface area contributed by atoms with Gasteiger partial charge in [-0.1, -0.05) is 64.7 Å². The maximum absolute atomic E-state index is 3.60. The summed E-state index contributed by atoms with van der Waals surface area (Å²) in [4.78, 5) is 2.70. The fraction of sp³-hybridized carbons (Fsp3) is 1.00. The van der Waals surface area contributed by atoms with Crippen molar-refractivity contribution in [1.29, 1.82) is 0 Å². The Morgan fingerprint density at radius 3 is 2.05 bits per heavy atom. The van der Waals surface area contributed by atoms with Crippen LogP contribution in [0.4, 0.5) is 0 Å². The molecule has 2 nitrogen and oxygen atoms in total. The van der Waals surface area contributed by atoms with Gasteiger partial charge < -0.3 is 5.32 Å². The second-order valence-electron chi connectivity index (χ2n) is 7.17. The Bertz CT molecular complexity index is 230. The van der Waals surface area contributed by atoms with Crippen LogP contribution in [0.25, 0.3) is 0 Å². The average Bonchev–Trinajstić information content (AvgIpc) is 2.62. The van der Waals surface area contributed by atoms with Gasteiger partial charge in [-0.15, -0.1) is 0 Å². The van der Waals surface area contributed by atoms with Crippen molar-refractivity contribution >= 4 is 0 Å². The number of hydrogen-bond acceptors (Lipinski definition) is 2. The van der Waals surface area contributed by atoms with E-state index >= 15 is 0 Å². The van der Waals surface area contributed by atoms with Crippen LogP contribution < -0.4 is 5.32 Å². The van der Waals surface area contributed by atoms with E-state index in [1.807, 2.05) is 0 Å². The molecule has 21 heavy (non-hydrogen) atoms. The first kappa shape index (κ1) is 19.0. The van der Waals surface area contributed by atoms with Gasteiger partial charge in [0, 0.05) is 18.6 Å². The highest BCUT2D eigenvalue weighted by atomic mass is 15.2. The van der Waals surface area contributed by atoms with E-state index in [9.17, 15) is 0 Å². The normalized spacial score (nSPS) is 24.1. The summed E-state index contributed by atoms with van der Waals surface area (Å²) >= 11 is 0. The lowest BCUT2D eigenvalue weighted by Gasteiger charge is -2.28. The number of unbranched alkanes of at least 4 members (excludes halogenated alkanes) is 9. The molecule has 0 aliphatic carbocycles. The maximum Gasteiger partial charge on any atom is 0.0166 e. The predicted molar refractivity (Wildman–Crippen MR) is 95.0 cm³/mol. The highest BCUT2D eigenvalue weighted by Crippen LogP contribution is 2.13. The molecule has 1 fully saturated rings. The number of hydrogen-bond donors (Lipinski definition) is 1. The minimum Gasteiger partial charge on any atom is -0.313 e. The third-order valence-electron chi connectivity index (χ3n) is 4.99. The number of rotatable bonds is 11. The molecule has 1 saturated heterocycles. The fourth-order valence-electron chi connectivity index (χ4n) is 3.43. The summed E-state index contributed by atoms with van der Waals surface area (Å²) in [6.45, 7) is 10.8. The Hall–Kier alpha value is -0.0800. The molecule has 0 spiro atoms. The van der Waals surface area contributed by atoms with Crippen molar-refractivity contribution in [2.75, 3.05) is 19.6 Å². The Balaban J connectivity index is 1.93. The van der Waals surface area contributed by atoms with Crippen LogP contribution in [-0.4, -0.2) is 36.6 Å². The molecule has 1 rings (SSSR count). The van der Waals surface area contributed by atoms with Gasteiger partial charge in [-0.3, -0.25) is 4.90 Å². The Kier molecular flexibility index (Phi) is 11.3. The lowest BCUT2D eigenvalue weighted by Crippen LogP contribution is -2.39. The monoisotopic (exact) mass is 296 g/mol. The summed E-state index contributed by atoms with van der Waals surface area (Å²) < 4.78 is 0. The Morgan fingerprint density at radius 1 is 0.857 bits per heavy atom. The standard InChI is InChI=1S/C19H40N2/c1-4-5-6-7-8-9-10-11-12-13-16-21-17-18(2)20-15-14-19(21)3/h18-20H,4-17H2,1-3H3. The van der Waals surface area contributed by atoms with Crippen molar-refractivity contribution in [3.05, 3.63) is 0 Å². The van der Waals surface area contributed by atoms with Crippen LogP contribution in [0.15, 0.2) is 0 Å². The number of nitrogens with one attached hydrogen (secondary N) is 1. The number of nitrogens with zero attached hydrogens (tertiary/aromatic N) is 1. The van der Waals surface area contributed by atoms with Crippen molar-refractivity contribution in [2.24, 2.45) is 0 Å². The molecule has 1 aliphatic heterocycles. The second-order valence-corrected chi connectivity index (χ2v) is 7.17. The van der Waals surface area contributed by atoms with E-state index in [0.717, 1.165) is 6.04 Å². The minimum atomic E-state index is 0.665. The summed E-state index contributed by atoms with van der Waals surface area (Å²) in [7, 11) is 0. The van der Waals surface area contributed by atoms with Crippen molar-refractivity contribution in [1.82, 2.24) is 10.2 Å². The fourth-order valence-corrected chi connectivity index (χ4v) is 3.43. The largest absolute Gasteiger partial charge is 0.313 e. The molecule has 2 heteroatoms. The van der Waals surface area contributed by atoms with Crippen LogP contribution in [0.3, 0.4) is 0 Å². The quantitative estimate of drug-likeness (QED) is 0.541. The van der Waals surface area contributed by atoms with Gasteiger partial charge in [-0.2, -0.15) is 0 Å². The molecule has 1 N–H and O–H groups in total. The first-order valence-corrected chi connectivity index (χ1v) is 9.71. The molecule has 126 valence electrons. The van der Waals surface area contributed by atoms with Crippen LogP contribution in [0.5, 0.6) is 0 Å². The van der Waals surface area contributed by atoms with E-state index in [-0.39, 0.29) is 0 Å². The van der Waals surface area contributed by atoms with Gasteiger partial charge in [-0.05, 0) is 39.8 Å². The molecule has 0 radical (unpaired) electrons. The van der Waals surface area contributed by atoms with Gasteiger partial charge >= 0.3 is 0 Å². The van der Waals surface area contributed by atoms with Crippen LogP contribution in [-0.2, 0) is 0 Å². The smallest absolute Gasteiger partial charge is 0.0166 e. The van der Waals surface area contributed by atoms with E-state index in [4.69, 9.17) is 0 Å². The Labute approximate surface area is 134 Å². The van der Waals surface area contributed by atoms with Crippen LogP contribution in [0.2, 0.25) is 0 Å². The SMILES string of the molecule is CCCCCCCCCCCCN1CC(C)NCCC1C. The molecule has 2 atom stereocenters.